The maximum absolute atomic E-state index is 12.8. The van der Waals surface area contributed by atoms with Gasteiger partial charge in [-0.05, 0) is 56.2 Å². The number of amides is 1. The Morgan fingerprint density at radius 1 is 1.32 bits per heavy atom. The maximum atomic E-state index is 12.8. The molecule has 0 radical (unpaired) electrons. The number of likely N-dealkylation sites (tertiary alicyclic amines) is 1. The van der Waals surface area contributed by atoms with E-state index in [2.05, 4.69) is 0 Å². The van der Waals surface area contributed by atoms with E-state index in [1.165, 1.54) is 0 Å². The lowest BCUT2D eigenvalue weighted by Crippen LogP contribution is -2.52. The van der Waals surface area contributed by atoms with Crippen molar-refractivity contribution >= 4 is 29.1 Å². The van der Waals surface area contributed by atoms with Crippen LogP contribution < -0.4 is 5.73 Å². The summed E-state index contributed by atoms with van der Waals surface area (Å²) in [6, 6.07) is 5.90. The van der Waals surface area contributed by atoms with Crippen molar-refractivity contribution in [2.75, 3.05) is 6.54 Å². The van der Waals surface area contributed by atoms with Gasteiger partial charge in [-0.2, -0.15) is 0 Å². The lowest BCUT2D eigenvalue weighted by Gasteiger charge is -2.38. The van der Waals surface area contributed by atoms with Gasteiger partial charge in [0.1, 0.15) is 0 Å². The quantitative estimate of drug-likeness (QED) is 0.908. The topological polar surface area (TPSA) is 46.3 Å². The Labute approximate surface area is 141 Å². The molecule has 0 spiro atoms. The first-order chi connectivity index (χ1) is 10.5. The van der Waals surface area contributed by atoms with Crippen LogP contribution in [0.2, 0.25) is 10.0 Å². The molecule has 0 bridgehead atoms. The lowest BCUT2D eigenvalue weighted by atomic mass is 9.96. The van der Waals surface area contributed by atoms with Crippen molar-refractivity contribution in [3.05, 3.63) is 33.8 Å². The zero-order chi connectivity index (χ0) is 15.9. The molecule has 1 heterocycles. The summed E-state index contributed by atoms with van der Waals surface area (Å²) in [7, 11) is 0. The Bertz CT molecular complexity index is 576. The van der Waals surface area contributed by atoms with E-state index in [9.17, 15) is 4.79 Å². The van der Waals surface area contributed by atoms with Crippen LogP contribution >= 0.6 is 23.2 Å². The van der Waals surface area contributed by atoms with E-state index >= 15 is 0 Å². The summed E-state index contributed by atoms with van der Waals surface area (Å²) in [6.07, 6.45) is 4.17. The molecule has 5 heteroatoms. The molecule has 1 aromatic carbocycles. The molecule has 22 heavy (non-hydrogen) atoms. The third kappa shape index (κ3) is 3.12. The van der Waals surface area contributed by atoms with E-state index in [0.29, 0.717) is 10.0 Å². The molecule has 120 valence electrons. The minimum absolute atomic E-state index is 0.0337. The number of benzene rings is 1. The first kappa shape index (κ1) is 16.1. The third-order valence-electron chi connectivity index (χ3n) is 4.92. The highest BCUT2D eigenvalue weighted by Gasteiger charge is 2.47. The van der Waals surface area contributed by atoms with E-state index in [1.54, 1.807) is 0 Å². The number of nitrogens with two attached hydrogens (primary N) is 1. The number of piperidine rings is 1. The second-order valence-corrected chi connectivity index (χ2v) is 7.39. The molecular weight excluding hydrogens is 319 g/mol. The van der Waals surface area contributed by atoms with Crippen LogP contribution in [0.5, 0.6) is 0 Å². The van der Waals surface area contributed by atoms with Crippen LogP contribution in [-0.2, 0) is 4.79 Å². The number of nitrogens with zero attached hydrogens (tertiary/aromatic N) is 1. The van der Waals surface area contributed by atoms with Crippen LogP contribution in [0.4, 0.5) is 0 Å². The predicted molar refractivity (Wildman–Crippen MR) is 90.3 cm³/mol. The van der Waals surface area contributed by atoms with E-state index in [-0.39, 0.29) is 29.8 Å². The summed E-state index contributed by atoms with van der Waals surface area (Å²) in [5.74, 6) is 0.618. The van der Waals surface area contributed by atoms with Crippen molar-refractivity contribution in [1.82, 2.24) is 4.90 Å². The van der Waals surface area contributed by atoms with Crippen molar-refractivity contribution in [1.29, 1.82) is 0 Å². The van der Waals surface area contributed by atoms with Gasteiger partial charge in [0.2, 0.25) is 5.91 Å². The Hall–Kier alpha value is -0.770. The Morgan fingerprint density at radius 2 is 2.09 bits per heavy atom. The van der Waals surface area contributed by atoms with Crippen molar-refractivity contribution in [3.63, 3.8) is 0 Å². The molecular formula is C17H22Cl2N2O. The fraction of sp³-hybridized carbons (Fsp3) is 0.588. The number of carbonyl (C=O) groups excluding carboxylic acids is 1. The summed E-state index contributed by atoms with van der Waals surface area (Å²) in [6.45, 7) is 2.84. The summed E-state index contributed by atoms with van der Waals surface area (Å²) < 4.78 is 0. The summed E-state index contributed by atoms with van der Waals surface area (Å²) in [5.41, 5.74) is 7.19. The highest BCUT2D eigenvalue weighted by atomic mass is 35.5. The fourth-order valence-electron chi connectivity index (χ4n) is 3.57. The standard InChI is InChI=1S/C17H22Cl2N2O/c1-10(20)16-4-2-3-7-21(16)17(22)13-9-12(13)11-5-6-14(18)15(19)8-11/h5-6,8,10,12-13,16H,2-4,7,9,20H2,1H3. The first-order valence-corrected chi connectivity index (χ1v) is 8.75. The molecule has 1 aliphatic heterocycles. The van der Waals surface area contributed by atoms with Crippen molar-refractivity contribution in [3.8, 4) is 0 Å². The van der Waals surface area contributed by atoms with E-state index in [1.807, 2.05) is 30.0 Å². The molecule has 1 saturated carbocycles. The summed E-state index contributed by atoms with van der Waals surface area (Å²) in [4.78, 5) is 14.8. The Balaban J connectivity index is 1.70. The van der Waals surface area contributed by atoms with Gasteiger partial charge in [0.25, 0.3) is 0 Å². The van der Waals surface area contributed by atoms with Gasteiger partial charge >= 0.3 is 0 Å². The molecule has 0 aromatic heterocycles. The summed E-state index contributed by atoms with van der Waals surface area (Å²) in [5, 5.41) is 1.12. The van der Waals surface area contributed by atoms with E-state index in [4.69, 9.17) is 28.9 Å². The minimum Gasteiger partial charge on any atom is -0.338 e. The zero-order valence-corrected chi connectivity index (χ0v) is 14.3. The van der Waals surface area contributed by atoms with Crippen LogP contribution in [0, 0.1) is 5.92 Å². The third-order valence-corrected chi connectivity index (χ3v) is 5.66. The zero-order valence-electron chi connectivity index (χ0n) is 12.8. The molecule has 2 N–H and O–H groups in total. The average Bonchev–Trinajstić information content (AvgIpc) is 3.30. The average molecular weight is 341 g/mol. The van der Waals surface area contributed by atoms with Gasteiger partial charge in [0.05, 0.1) is 10.0 Å². The molecule has 1 aliphatic carbocycles. The molecule has 2 aliphatic rings. The fourth-order valence-corrected chi connectivity index (χ4v) is 3.88. The monoisotopic (exact) mass is 340 g/mol. The van der Waals surface area contributed by atoms with Crippen LogP contribution in [-0.4, -0.2) is 29.4 Å². The molecule has 4 unspecified atom stereocenters. The highest BCUT2D eigenvalue weighted by molar-refractivity contribution is 6.42. The molecule has 1 aromatic rings. The number of hydrogen-bond donors (Lipinski definition) is 1. The minimum atomic E-state index is 0.0337. The molecule has 1 amide bonds. The number of halogens is 2. The van der Waals surface area contributed by atoms with Crippen LogP contribution in [0.15, 0.2) is 18.2 Å². The molecule has 3 nitrogen and oxygen atoms in total. The highest BCUT2D eigenvalue weighted by Crippen LogP contribution is 2.50. The first-order valence-electron chi connectivity index (χ1n) is 8.00. The van der Waals surface area contributed by atoms with Crippen LogP contribution in [0.1, 0.15) is 44.1 Å². The lowest BCUT2D eigenvalue weighted by molar-refractivity contribution is -0.136. The normalized spacial score (nSPS) is 29.3. The van der Waals surface area contributed by atoms with Crippen molar-refractivity contribution < 1.29 is 4.79 Å². The van der Waals surface area contributed by atoms with Gasteiger partial charge < -0.3 is 10.6 Å². The van der Waals surface area contributed by atoms with Crippen molar-refractivity contribution in [2.45, 2.75) is 50.6 Å². The number of hydrogen-bond acceptors (Lipinski definition) is 2. The van der Waals surface area contributed by atoms with Crippen molar-refractivity contribution in [2.24, 2.45) is 11.7 Å². The molecule has 1 saturated heterocycles. The SMILES string of the molecule is CC(N)C1CCCCN1C(=O)C1CC1c1ccc(Cl)c(Cl)c1. The van der Waals surface area contributed by atoms with Gasteiger partial charge in [-0.1, -0.05) is 29.3 Å². The van der Waals surface area contributed by atoms with Gasteiger partial charge in [-0.3, -0.25) is 4.79 Å². The van der Waals surface area contributed by atoms with Crippen LogP contribution in [0.3, 0.4) is 0 Å². The van der Waals surface area contributed by atoms with Gasteiger partial charge in [0.15, 0.2) is 0 Å². The Kier molecular flexibility index (Phi) is 4.67. The second-order valence-electron chi connectivity index (χ2n) is 6.58. The molecule has 2 fully saturated rings. The molecule has 3 rings (SSSR count). The largest absolute Gasteiger partial charge is 0.338 e. The predicted octanol–water partition coefficient (Wildman–Crippen LogP) is 3.83. The number of carbonyl (C=O) groups is 1. The van der Waals surface area contributed by atoms with Crippen LogP contribution in [0.25, 0.3) is 0 Å². The molecule has 4 atom stereocenters. The van der Waals surface area contributed by atoms with Gasteiger partial charge in [-0.25, -0.2) is 0 Å². The smallest absolute Gasteiger partial charge is 0.226 e. The maximum Gasteiger partial charge on any atom is 0.226 e. The van der Waals surface area contributed by atoms with E-state index < -0.39 is 0 Å². The van der Waals surface area contributed by atoms with Gasteiger partial charge in [0, 0.05) is 24.5 Å². The Morgan fingerprint density at radius 3 is 2.77 bits per heavy atom. The number of rotatable bonds is 3. The van der Waals surface area contributed by atoms with Gasteiger partial charge in [-0.15, -0.1) is 0 Å². The second kappa shape index (κ2) is 6.38. The summed E-state index contributed by atoms with van der Waals surface area (Å²) >= 11 is 12.0. The van der Waals surface area contributed by atoms with E-state index in [0.717, 1.165) is 37.8 Å².